The van der Waals surface area contributed by atoms with Crippen LogP contribution >= 0.6 is 0 Å². The summed E-state index contributed by atoms with van der Waals surface area (Å²) in [6.07, 6.45) is 2.12. The van der Waals surface area contributed by atoms with Crippen LogP contribution in [0.2, 0.25) is 0 Å². The average molecular weight is 236 g/mol. The molecule has 1 amide bonds. The minimum absolute atomic E-state index is 0.0172. The van der Waals surface area contributed by atoms with Crippen LogP contribution < -0.4 is 15.6 Å². The lowest BCUT2D eigenvalue weighted by molar-refractivity contribution is -0.121. The third-order valence-electron chi connectivity index (χ3n) is 2.64. The van der Waals surface area contributed by atoms with Gasteiger partial charge in [0, 0.05) is 13.5 Å². The minimum atomic E-state index is -0.0172. The van der Waals surface area contributed by atoms with Crippen molar-refractivity contribution in [2.45, 2.75) is 26.2 Å². The zero-order chi connectivity index (χ0) is 12.7. The quantitative estimate of drug-likeness (QED) is 0.735. The van der Waals surface area contributed by atoms with Crippen molar-refractivity contribution in [3.8, 4) is 5.75 Å². The molecule has 4 nitrogen and oxygen atoms in total. The molecule has 0 fully saturated rings. The SMILES string of the molecule is CCc1ccc(OC)c(CCC(=O)NNC)c1. The van der Waals surface area contributed by atoms with E-state index in [1.54, 1.807) is 14.2 Å². The molecular formula is C13H20N2O2. The molecule has 1 aromatic carbocycles. The molecule has 0 aromatic heterocycles. The first-order valence-corrected chi connectivity index (χ1v) is 5.82. The van der Waals surface area contributed by atoms with Gasteiger partial charge in [-0.1, -0.05) is 19.1 Å². The number of carbonyl (C=O) groups is 1. The Morgan fingerprint density at radius 1 is 1.41 bits per heavy atom. The van der Waals surface area contributed by atoms with Crippen molar-refractivity contribution in [2.75, 3.05) is 14.2 Å². The lowest BCUT2D eigenvalue weighted by Crippen LogP contribution is -2.34. The molecule has 2 N–H and O–H groups in total. The predicted molar refractivity (Wildman–Crippen MR) is 67.9 cm³/mol. The van der Waals surface area contributed by atoms with E-state index in [0.29, 0.717) is 12.8 Å². The predicted octanol–water partition coefficient (Wildman–Crippen LogP) is 1.44. The van der Waals surface area contributed by atoms with Gasteiger partial charge in [0.05, 0.1) is 7.11 Å². The Morgan fingerprint density at radius 2 is 2.18 bits per heavy atom. The van der Waals surface area contributed by atoms with Gasteiger partial charge in [-0.15, -0.1) is 0 Å². The summed E-state index contributed by atoms with van der Waals surface area (Å²) in [5, 5.41) is 0. The Morgan fingerprint density at radius 3 is 2.76 bits per heavy atom. The summed E-state index contributed by atoms with van der Waals surface area (Å²) < 4.78 is 5.29. The molecular weight excluding hydrogens is 216 g/mol. The van der Waals surface area contributed by atoms with Gasteiger partial charge in [0.15, 0.2) is 0 Å². The molecule has 0 spiro atoms. The normalized spacial score (nSPS) is 10.1. The number of methoxy groups -OCH3 is 1. The minimum Gasteiger partial charge on any atom is -0.496 e. The van der Waals surface area contributed by atoms with E-state index in [-0.39, 0.29) is 5.91 Å². The van der Waals surface area contributed by atoms with Crippen molar-refractivity contribution < 1.29 is 9.53 Å². The highest BCUT2D eigenvalue weighted by molar-refractivity contribution is 5.75. The molecule has 1 aromatic rings. The second-order valence-electron chi connectivity index (χ2n) is 3.80. The van der Waals surface area contributed by atoms with E-state index in [1.807, 2.05) is 6.07 Å². The molecule has 0 atom stereocenters. The molecule has 0 aliphatic carbocycles. The molecule has 4 heteroatoms. The number of rotatable bonds is 6. The van der Waals surface area contributed by atoms with Crippen molar-refractivity contribution in [3.63, 3.8) is 0 Å². The van der Waals surface area contributed by atoms with E-state index in [9.17, 15) is 4.79 Å². The zero-order valence-corrected chi connectivity index (χ0v) is 10.7. The fourth-order valence-electron chi connectivity index (χ4n) is 1.70. The Bertz CT molecular complexity index is 378. The number of nitrogens with one attached hydrogen (secondary N) is 2. The summed E-state index contributed by atoms with van der Waals surface area (Å²) in [5.41, 5.74) is 7.52. The number of ether oxygens (including phenoxy) is 1. The molecule has 1 rings (SSSR count). The Balaban J connectivity index is 2.70. The van der Waals surface area contributed by atoms with Gasteiger partial charge in [0.1, 0.15) is 5.75 Å². The Hall–Kier alpha value is -1.55. The van der Waals surface area contributed by atoms with Crippen molar-refractivity contribution in [1.29, 1.82) is 0 Å². The monoisotopic (exact) mass is 236 g/mol. The van der Waals surface area contributed by atoms with Gasteiger partial charge in [0.25, 0.3) is 0 Å². The molecule has 0 aliphatic heterocycles. The summed E-state index contributed by atoms with van der Waals surface area (Å²) in [5.74, 6) is 0.830. The number of hydrogen-bond donors (Lipinski definition) is 2. The second-order valence-corrected chi connectivity index (χ2v) is 3.80. The first kappa shape index (κ1) is 13.5. The fraction of sp³-hybridized carbons (Fsp3) is 0.462. The fourth-order valence-corrected chi connectivity index (χ4v) is 1.70. The van der Waals surface area contributed by atoms with Crippen LogP contribution in [0.4, 0.5) is 0 Å². The van der Waals surface area contributed by atoms with Crippen molar-refractivity contribution in [3.05, 3.63) is 29.3 Å². The van der Waals surface area contributed by atoms with Crippen LogP contribution in [0.15, 0.2) is 18.2 Å². The highest BCUT2D eigenvalue weighted by atomic mass is 16.5. The zero-order valence-electron chi connectivity index (χ0n) is 10.7. The maximum absolute atomic E-state index is 11.4. The molecule has 0 radical (unpaired) electrons. The number of amides is 1. The van der Waals surface area contributed by atoms with Crippen LogP contribution in [0.5, 0.6) is 5.75 Å². The third kappa shape index (κ3) is 4.07. The van der Waals surface area contributed by atoms with E-state index < -0.39 is 0 Å². The van der Waals surface area contributed by atoms with E-state index >= 15 is 0 Å². The van der Waals surface area contributed by atoms with Gasteiger partial charge in [-0.25, -0.2) is 5.43 Å². The van der Waals surface area contributed by atoms with Gasteiger partial charge in [0.2, 0.25) is 5.91 Å². The molecule has 0 unspecified atom stereocenters. The highest BCUT2D eigenvalue weighted by Gasteiger charge is 2.07. The number of carbonyl (C=O) groups excluding carboxylic acids is 1. The van der Waals surface area contributed by atoms with Gasteiger partial charge < -0.3 is 4.74 Å². The summed E-state index contributed by atoms with van der Waals surface area (Å²) in [6, 6.07) is 6.12. The van der Waals surface area contributed by atoms with E-state index in [2.05, 4.69) is 29.9 Å². The van der Waals surface area contributed by atoms with Gasteiger partial charge in [-0.2, -0.15) is 0 Å². The topological polar surface area (TPSA) is 50.4 Å². The first-order chi connectivity index (χ1) is 8.21. The summed E-state index contributed by atoms with van der Waals surface area (Å²) in [6.45, 7) is 2.11. The van der Waals surface area contributed by atoms with Crippen LogP contribution in [0.25, 0.3) is 0 Å². The van der Waals surface area contributed by atoms with Gasteiger partial charge >= 0.3 is 0 Å². The van der Waals surface area contributed by atoms with Crippen LogP contribution in [0.3, 0.4) is 0 Å². The third-order valence-corrected chi connectivity index (χ3v) is 2.64. The van der Waals surface area contributed by atoms with Crippen molar-refractivity contribution in [2.24, 2.45) is 0 Å². The smallest absolute Gasteiger partial charge is 0.234 e. The van der Waals surface area contributed by atoms with E-state index in [4.69, 9.17) is 4.74 Å². The Labute approximate surface area is 102 Å². The van der Waals surface area contributed by atoms with Crippen LogP contribution in [0, 0.1) is 0 Å². The van der Waals surface area contributed by atoms with E-state index in [0.717, 1.165) is 17.7 Å². The largest absolute Gasteiger partial charge is 0.496 e. The molecule has 94 valence electrons. The van der Waals surface area contributed by atoms with Crippen molar-refractivity contribution in [1.82, 2.24) is 10.9 Å². The Kier molecular flexibility index (Phi) is 5.49. The summed E-state index contributed by atoms with van der Waals surface area (Å²) >= 11 is 0. The van der Waals surface area contributed by atoms with Gasteiger partial charge in [-0.3, -0.25) is 10.2 Å². The summed E-state index contributed by atoms with van der Waals surface area (Å²) in [4.78, 5) is 11.4. The number of hydrogen-bond acceptors (Lipinski definition) is 3. The number of aryl methyl sites for hydroxylation is 2. The van der Waals surface area contributed by atoms with Crippen LogP contribution in [0.1, 0.15) is 24.5 Å². The van der Waals surface area contributed by atoms with E-state index in [1.165, 1.54) is 5.56 Å². The molecule has 0 heterocycles. The molecule has 17 heavy (non-hydrogen) atoms. The first-order valence-electron chi connectivity index (χ1n) is 5.82. The molecule has 0 saturated carbocycles. The second kappa shape index (κ2) is 6.91. The standard InChI is InChI=1S/C13H20N2O2/c1-4-10-5-7-12(17-3)11(9-10)6-8-13(16)15-14-2/h5,7,9,14H,4,6,8H2,1-3H3,(H,15,16). The molecule has 0 aliphatic rings. The van der Waals surface area contributed by atoms with Crippen LogP contribution in [-0.4, -0.2) is 20.1 Å². The average Bonchev–Trinajstić information content (AvgIpc) is 2.36. The highest BCUT2D eigenvalue weighted by Crippen LogP contribution is 2.21. The maximum atomic E-state index is 11.4. The van der Waals surface area contributed by atoms with Gasteiger partial charge in [-0.05, 0) is 30.0 Å². The molecule has 0 bridgehead atoms. The van der Waals surface area contributed by atoms with Crippen molar-refractivity contribution >= 4 is 5.91 Å². The van der Waals surface area contributed by atoms with Crippen LogP contribution in [-0.2, 0) is 17.6 Å². The lowest BCUT2D eigenvalue weighted by atomic mass is 10.0. The summed E-state index contributed by atoms with van der Waals surface area (Å²) in [7, 11) is 3.33. The number of hydrazine groups is 1. The number of benzene rings is 1. The maximum Gasteiger partial charge on any atom is 0.234 e. The lowest BCUT2D eigenvalue weighted by Gasteiger charge is -2.10. The molecule has 0 saturated heterocycles.